The van der Waals surface area contributed by atoms with Crippen LogP contribution in [0.1, 0.15) is 17.4 Å². The van der Waals surface area contributed by atoms with Crippen molar-refractivity contribution in [3.05, 3.63) is 29.0 Å². The normalized spacial score (nSPS) is 11.5. The molecule has 0 radical (unpaired) electrons. The average molecular weight is 286 g/mol. The highest BCUT2D eigenvalue weighted by molar-refractivity contribution is 6.30. The quantitative estimate of drug-likeness (QED) is 0.733. The van der Waals surface area contributed by atoms with Crippen molar-refractivity contribution >= 4 is 29.4 Å². The zero-order valence-corrected chi connectivity index (χ0v) is 10.8. The van der Waals surface area contributed by atoms with Gasteiger partial charge in [0.1, 0.15) is 12.2 Å². The fourth-order valence-electron chi connectivity index (χ4n) is 1.07. The van der Waals surface area contributed by atoms with Gasteiger partial charge in [0, 0.05) is 11.2 Å². The Morgan fingerprint density at radius 3 is 2.79 bits per heavy atom. The van der Waals surface area contributed by atoms with E-state index >= 15 is 0 Å². The van der Waals surface area contributed by atoms with Crippen LogP contribution in [0.25, 0.3) is 0 Å². The van der Waals surface area contributed by atoms with Crippen LogP contribution in [-0.4, -0.2) is 35.4 Å². The second-order valence-electron chi connectivity index (χ2n) is 3.58. The lowest BCUT2D eigenvalue weighted by Gasteiger charge is -2.09. The van der Waals surface area contributed by atoms with Gasteiger partial charge >= 0.3 is 5.97 Å². The molecule has 0 fully saturated rings. The van der Waals surface area contributed by atoms with Crippen molar-refractivity contribution in [1.29, 1.82) is 0 Å². The second-order valence-corrected chi connectivity index (χ2v) is 4.01. The summed E-state index contributed by atoms with van der Waals surface area (Å²) >= 11 is 5.69. The first-order chi connectivity index (χ1) is 8.90. The number of nitrogens with one attached hydrogen (secondary N) is 1. The van der Waals surface area contributed by atoms with E-state index in [1.54, 1.807) is 0 Å². The molecule has 0 aromatic carbocycles. The SMILES string of the molecule is C[C@@H](OC(=O)CNC(=O)c1cc(Cl)ccn1)C(N)=O. The molecule has 0 bridgehead atoms. The van der Waals surface area contributed by atoms with Gasteiger partial charge < -0.3 is 15.8 Å². The largest absolute Gasteiger partial charge is 0.451 e. The highest BCUT2D eigenvalue weighted by Gasteiger charge is 2.15. The lowest BCUT2D eigenvalue weighted by molar-refractivity contribution is -0.152. The van der Waals surface area contributed by atoms with Crippen molar-refractivity contribution in [2.75, 3.05) is 6.54 Å². The molecule has 0 saturated heterocycles. The summed E-state index contributed by atoms with van der Waals surface area (Å²) in [6.45, 7) is 0.936. The molecule has 1 aromatic rings. The molecule has 8 heteroatoms. The summed E-state index contributed by atoms with van der Waals surface area (Å²) in [5.74, 6) is -2.12. The van der Waals surface area contributed by atoms with Crippen LogP contribution in [-0.2, 0) is 14.3 Å². The van der Waals surface area contributed by atoms with Gasteiger partial charge in [-0.05, 0) is 19.1 Å². The minimum atomic E-state index is -1.05. The van der Waals surface area contributed by atoms with Crippen molar-refractivity contribution in [3.8, 4) is 0 Å². The smallest absolute Gasteiger partial charge is 0.326 e. The van der Waals surface area contributed by atoms with Crippen molar-refractivity contribution in [2.45, 2.75) is 13.0 Å². The monoisotopic (exact) mass is 285 g/mol. The Balaban J connectivity index is 2.46. The highest BCUT2D eigenvalue weighted by atomic mass is 35.5. The Bertz CT molecular complexity index is 506. The maximum absolute atomic E-state index is 11.6. The van der Waals surface area contributed by atoms with Gasteiger partial charge in [-0.1, -0.05) is 11.6 Å². The summed E-state index contributed by atoms with van der Waals surface area (Å²) in [6, 6.07) is 2.87. The molecule has 0 unspecified atom stereocenters. The molecule has 102 valence electrons. The number of hydrogen-bond acceptors (Lipinski definition) is 5. The van der Waals surface area contributed by atoms with E-state index < -0.39 is 30.4 Å². The van der Waals surface area contributed by atoms with Gasteiger partial charge in [-0.2, -0.15) is 0 Å². The number of rotatable bonds is 5. The van der Waals surface area contributed by atoms with Crippen LogP contribution in [0.2, 0.25) is 5.02 Å². The van der Waals surface area contributed by atoms with Gasteiger partial charge in [0.05, 0.1) is 0 Å². The number of primary amides is 1. The highest BCUT2D eigenvalue weighted by Crippen LogP contribution is 2.07. The Morgan fingerprint density at radius 1 is 1.53 bits per heavy atom. The van der Waals surface area contributed by atoms with Crippen LogP contribution in [0.3, 0.4) is 0 Å². The molecule has 7 nitrogen and oxygen atoms in total. The third-order valence-corrected chi connectivity index (χ3v) is 2.29. The molecule has 0 aliphatic heterocycles. The number of nitrogens with two attached hydrogens (primary N) is 1. The number of halogens is 1. The second kappa shape index (κ2) is 6.69. The summed E-state index contributed by atoms with van der Waals surface area (Å²) in [5, 5.41) is 2.64. The first-order valence-electron chi connectivity index (χ1n) is 5.28. The fourth-order valence-corrected chi connectivity index (χ4v) is 1.23. The van der Waals surface area contributed by atoms with E-state index in [-0.39, 0.29) is 5.69 Å². The van der Waals surface area contributed by atoms with E-state index in [2.05, 4.69) is 15.0 Å². The molecule has 1 heterocycles. The van der Waals surface area contributed by atoms with Crippen LogP contribution in [0, 0.1) is 0 Å². The van der Waals surface area contributed by atoms with Crippen molar-refractivity contribution in [1.82, 2.24) is 10.3 Å². The molecule has 19 heavy (non-hydrogen) atoms. The summed E-state index contributed by atoms with van der Waals surface area (Å²) in [7, 11) is 0. The summed E-state index contributed by atoms with van der Waals surface area (Å²) < 4.78 is 4.65. The van der Waals surface area contributed by atoms with E-state index in [0.29, 0.717) is 5.02 Å². The number of hydrogen-bond donors (Lipinski definition) is 2. The van der Waals surface area contributed by atoms with Gasteiger partial charge in [0.15, 0.2) is 6.10 Å². The zero-order valence-electron chi connectivity index (χ0n) is 10.1. The van der Waals surface area contributed by atoms with Crippen molar-refractivity contribution in [2.24, 2.45) is 5.73 Å². The maximum atomic E-state index is 11.6. The molecule has 0 spiro atoms. The van der Waals surface area contributed by atoms with Crippen LogP contribution in [0.5, 0.6) is 0 Å². The number of ether oxygens (including phenoxy) is 1. The molecule has 1 rings (SSSR count). The molecule has 0 aliphatic rings. The third kappa shape index (κ3) is 4.92. The fraction of sp³-hybridized carbons (Fsp3) is 0.273. The average Bonchev–Trinajstić information content (AvgIpc) is 2.35. The number of pyridine rings is 1. The lowest BCUT2D eigenvalue weighted by atomic mass is 10.3. The summed E-state index contributed by atoms with van der Waals surface area (Å²) in [5.41, 5.74) is 4.99. The van der Waals surface area contributed by atoms with E-state index in [1.807, 2.05) is 0 Å². The predicted octanol–water partition coefficient (Wildman–Crippen LogP) is -0.118. The Hall–Kier alpha value is -2.15. The number of nitrogens with zero attached hydrogens (tertiary/aromatic N) is 1. The lowest BCUT2D eigenvalue weighted by Crippen LogP contribution is -2.36. The standard InChI is InChI=1S/C11H12ClN3O4/c1-6(10(13)17)19-9(16)5-15-11(18)8-4-7(12)2-3-14-8/h2-4,6H,5H2,1H3,(H2,13,17)(H,15,18)/t6-/m1/s1. The number of carbonyl (C=O) groups is 3. The van der Waals surface area contributed by atoms with Gasteiger partial charge in [0.25, 0.3) is 11.8 Å². The van der Waals surface area contributed by atoms with Crippen LogP contribution in [0.15, 0.2) is 18.3 Å². The molecule has 1 atom stereocenters. The third-order valence-electron chi connectivity index (χ3n) is 2.06. The number of esters is 1. The van der Waals surface area contributed by atoms with Gasteiger partial charge in [-0.3, -0.25) is 19.4 Å². The van der Waals surface area contributed by atoms with E-state index in [4.69, 9.17) is 17.3 Å². The number of amides is 2. The minimum Gasteiger partial charge on any atom is -0.451 e. The Labute approximate surface area is 114 Å². The van der Waals surface area contributed by atoms with E-state index in [1.165, 1.54) is 25.3 Å². The van der Waals surface area contributed by atoms with Crippen molar-refractivity contribution < 1.29 is 19.1 Å². The van der Waals surface area contributed by atoms with Crippen LogP contribution < -0.4 is 11.1 Å². The summed E-state index contributed by atoms with van der Waals surface area (Å²) in [4.78, 5) is 37.3. The van der Waals surface area contributed by atoms with E-state index in [0.717, 1.165) is 0 Å². The maximum Gasteiger partial charge on any atom is 0.326 e. The minimum absolute atomic E-state index is 0.0725. The van der Waals surface area contributed by atoms with Crippen LogP contribution >= 0.6 is 11.6 Å². The summed E-state index contributed by atoms with van der Waals surface area (Å²) in [6.07, 6.45) is 0.318. The molecular weight excluding hydrogens is 274 g/mol. The molecule has 1 aromatic heterocycles. The molecule has 0 saturated carbocycles. The van der Waals surface area contributed by atoms with Crippen LogP contribution in [0.4, 0.5) is 0 Å². The van der Waals surface area contributed by atoms with E-state index in [9.17, 15) is 14.4 Å². The Kier molecular flexibility index (Phi) is 5.25. The first kappa shape index (κ1) is 14.9. The van der Waals surface area contributed by atoms with Gasteiger partial charge in [-0.25, -0.2) is 0 Å². The van der Waals surface area contributed by atoms with Gasteiger partial charge in [0.2, 0.25) is 0 Å². The number of carbonyl (C=O) groups excluding carboxylic acids is 3. The topological polar surface area (TPSA) is 111 Å². The molecule has 2 amide bonds. The molecular formula is C11H12ClN3O4. The van der Waals surface area contributed by atoms with Crippen molar-refractivity contribution in [3.63, 3.8) is 0 Å². The zero-order chi connectivity index (χ0) is 14.4. The molecule has 3 N–H and O–H groups in total. The predicted molar refractivity (Wildman–Crippen MR) is 66.3 cm³/mol. The van der Waals surface area contributed by atoms with Gasteiger partial charge in [-0.15, -0.1) is 0 Å². The first-order valence-corrected chi connectivity index (χ1v) is 5.66. The Morgan fingerprint density at radius 2 is 2.21 bits per heavy atom. The number of aromatic nitrogens is 1. The molecule has 0 aliphatic carbocycles.